The van der Waals surface area contributed by atoms with Crippen LogP contribution in [0.15, 0.2) is 48.7 Å². The summed E-state index contributed by atoms with van der Waals surface area (Å²) in [5, 5.41) is 8.52. The quantitative estimate of drug-likeness (QED) is 0.579. The summed E-state index contributed by atoms with van der Waals surface area (Å²) < 4.78 is 16.6. The maximum atomic E-state index is 13.0. The number of aromatic nitrogens is 3. The Balaban J connectivity index is 1.42. The first-order chi connectivity index (χ1) is 15.6. The zero-order valence-corrected chi connectivity index (χ0v) is 18.4. The third-order valence-corrected chi connectivity index (χ3v) is 5.61. The van der Waals surface area contributed by atoms with Gasteiger partial charge in [-0.05, 0) is 31.9 Å². The molecule has 0 unspecified atom stereocenters. The van der Waals surface area contributed by atoms with Crippen LogP contribution >= 0.6 is 0 Å². The van der Waals surface area contributed by atoms with Gasteiger partial charge in [-0.15, -0.1) is 0 Å². The summed E-state index contributed by atoms with van der Waals surface area (Å²) in [6.45, 7) is 3.11. The Morgan fingerprint density at radius 3 is 2.38 bits per heavy atom. The number of carbonyl (C=O) groups excluding carboxylic acids is 1. The van der Waals surface area contributed by atoms with E-state index in [1.165, 1.54) is 6.20 Å². The van der Waals surface area contributed by atoms with Crippen molar-refractivity contribution in [3.05, 3.63) is 65.7 Å². The van der Waals surface area contributed by atoms with E-state index in [9.17, 15) is 4.79 Å². The van der Waals surface area contributed by atoms with Crippen molar-refractivity contribution in [3.8, 4) is 23.0 Å². The maximum absolute atomic E-state index is 13.0. The molecule has 1 amide bonds. The number of ether oxygens (including phenoxy) is 3. The van der Waals surface area contributed by atoms with Crippen molar-refractivity contribution >= 4 is 5.91 Å². The topological polar surface area (TPSA) is 86.7 Å². The largest absolute Gasteiger partial charge is 0.495 e. The second-order valence-electron chi connectivity index (χ2n) is 7.62. The van der Waals surface area contributed by atoms with Gasteiger partial charge in [0, 0.05) is 31.1 Å². The molecule has 0 radical (unpaired) electrons. The zero-order chi connectivity index (χ0) is 22.5. The summed E-state index contributed by atoms with van der Waals surface area (Å²) >= 11 is 0. The molecular formula is C24H26N4O4. The number of benzene rings is 1. The van der Waals surface area contributed by atoms with Gasteiger partial charge in [-0.3, -0.25) is 4.79 Å². The number of methoxy groups -OCH3 is 2. The van der Waals surface area contributed by atoms with Crippen LogP contribution in [0.25, 0.3) is 0 Å². The molecule has 8 nitrogen and oxygen atoms in total. The molecule has 4 rings (SSSR count). The fourth-order valence-electron chi connectivity index (χ4n) is 3.79. The lowest BCUT2D eigenvalue weighted by atomic mass is 9.93. The lowest BCUT2D eigenvalue weighted by molar-refractivity contribution is 0.0705. The lowest BCUT2D eigenvalue weighted by Crippen LogP contribution is -2.38. The van der Waals surface area contributed by atoms with Gasteiger partial charge in [-0.1, -0.05) is 18.2 Å². The number of likely N-dealkylation sites (tertiary alicyclic amines) is 1. The summed E-state index contributed by atoms with van der Waals surface area (Å²) in [6, 6.07) is 12.9. The second kappa shape index (κ2) is 9.64. The van der Waals surface area contributed by atoms with Crippen molar-refractivity contribution in [2.75, 3.05) is 27.3 Å². The van der Waals surface area contributed by atoms with Gasteiger partial charge in [0.1, 0.15) is 22.9 Å². The number of amides is 1. The van der Waals surface area contributed by atoms with Crippen LogP contribution in [0.3, 0.4) is 0 Å². The summed E-state index contributed by atoms with van der Waals surface area (Å²) in [7, 11) is 3.18. The first-order valence-electron chi connectivity index (χ1n) is 10.5. The Hall–Kier alpha value is -3.68. The average molecular weight is 434 g/mol. The van der Waals surface area contributed by atoms with E-state index in [2.05, 4.69) is 15.2 Å². The van der Waals surface area contributed by atoms with E-state index in [1.807, 2.05) is 48.2 Å². The summed E-state index contributed by atoms with van der Waals surface area (Å²) in [5.41, 5.74) is 2.00. The second-order valence-corrected chi connectivity index (χ2v) is 7.62. The molecule has 0 atom stereocenters. The van der Waals surface area contributed by atoms with E-state index in [4.69, 9.17) is 14.2 Å². The highest BCUT2D eigenvalue weighted by atomic mass is 16.5. The van der Waals surface area contributed by atoms with Crippen LogP contribution in [-0.2, 0) is 0 Å². The van der Waals surface area contributed by atoms with Crippen molar-refractivity contribution in [1.82, 2.24) is 20.1 Å². The van der Waals surface area contributed by atoms with Gasteiger partial charge in [0.15, 0.2) is 11.5 Å². The number of pyridine rings is 1. The Bertz CT molecular complexity index is 1080. The Kier molecular flexibility index (Phi) is 6.49. The van der Waals surface area contributed by atoms with Crippen LogP contribution < -0.4 is 14.2 Å². The first kappa shape index (κ1) is 21.5. The normalized spacial score (nSPS) is 14.2. The molecule has 8 heteroatoms. The van der Waals surface area contributed by atoms with Crippen LogP contribution in [0.4, 0.5) is 0 Å². The van der Waals surface area contributed by atoms with Gasteiger partial charge >= 0.3 is 0 Å². The molecule has 3 heterocycles. The summed E-state index contributed by atoms with van der Waals surface area (Å²) in [5.74, 6) is 2.45. The predicted molar refractivity (Wildman–Crippen MR) is 119 cm³/mol. The molecule has 3 aromatic rings. The highest BCUT2D eigenvalue weighted by Crippen LogP contribution is 2.33. The average Bonchev–Trinajstić information content (AvgIpc) is 2.85. The third-order valence-electron chi connectivity index (χ3n) is 5.61. The van der Waals surface area contributed by atoms with Gasteiger partial charge in [0.25, 0.3) is 5.91 Å². The number of hydrogen-bond donors (Lipinski definition) is 0. The molecule has 1 saturated heterocycles. The minimum absolute atomic E-state index is 0.124. The predicted octanol–water partition coefficient (Wildman–Crippen LogP) is 4.01. The van der Waals surface area contributed by atoms with E-state index in [0.29, 0.717) is 36.0 Å². The monoisotopic (exact) mass is 434 g/mol. The van der Waals surface area contributed by atoms with Crippen molar-refractivity contribution in [1.29, 1.82) is 0 Å². The Morgan fingerprint density at radius 1 is 0.969 bits per heavy atom. The highest BCUT2D eigenvalue weighted by Gasteiger charge is 2.27. The highest BCUT2D eigenvalue weighted by molar-refractivity contribution is 5.93. The van der Waals surface area contributed by atoms with E-state index in [1.54, 1.807) is 20.3 Å². The summed E-state index contributed by atoms with van der Waals surface area (Å²) in [4.78, 5) is 19.2. The molecule has 2 aromatic heterocycles. The molecular weight excluding hydrogens is 408 g/mol. The van der Waals surface area contributed by atoms with Crippen LogP contribution in [0, 0.1) is 6.92 Å². The standard InChI is InChI=1S/C24H26N4O4/c1-16-21(30-2)13-19(27-26-16)17-9-11-28(12-10-17)24(29)20-14-22(31-3)23(15-25-20)32-18-7-5-4-6-8-18/h4-8,13-15,17H,9-12H2,1-3H3. The molecule has 0 aliphatic carbocycles. The number of piperidine rings is 1. The van der Waals surface area contributed by atoms with Crippen LogP contribution in [0.1, 0.15) is 40.6 Å². The van der Waals surface area contributed by atoms with E-state index < -0.39 is 0 Å². The molecule has 1 fully saturated rings. The molecule has 0 bridgehead atoms. The molecule has 32 heavy (non-hydrogen) atoms. The number of hydrogen-bond acceptors (Lipinski definition) is 7. The van der Waals surface area contributed by atoms with Gasteiger partial charge < -0.3 is 19.1 Å². The van der Waals surface area contributed by atoms with Crippen LogP contribution in [-0.4, -0.2) is 53.3 Å². The first-order valence-corrected chi connectivity index (χ1v) is 10.5. The number of aryl methyl sites for hydroxylation is 1. The molecule has 166 valence electrons. The smallest absolute Gasteiger partial charge is 0.272 e. The van der Waals surface area contributed by atoms with Crippen LogP contribution in [0.5, 0.6) is 23.0 Å². The van der Waals surface area contributed by atoms with Crippen molar-refractivity contribution < 1.29 is 19.0 Å². The van der Waals surface area contributed by atoms with Gasteiger partial charge in [-0.2, -0.15) is 10.2 Å². The number of nitrogens with zero attached hydrogens (tertiary/aromatic N) is 4. The molecule has 0 N–H and O–H groups in total. The van der Waals surface area contributed by atoms with E-state index in [-0.39, 0.29) is 11.8 Å². The minimum atomic E-state index is -0.124. The van der Waals surface area contributed by atoms with Gasteiger partial charge in [0.05, 0.1) is 26.1 Å². The molecule has 1 aromatic carbocycles. The fraction of sp³-hybridized carbons (Fsp3) is 0.333. The van der Waals surface area contributed by atoms with E-state index >= 15 is 0 Å². The zero-order valence-electron chi connectivity index (χ0n) is 18.4. The molecule has 1 aliphatic rings. The van der Waals surface area contributed by atoms with Crippen molar-refractivity contribution in [2.24, 2.45) is 0 Å². The number of para-hydroxylation sites is 1. The Morgan fingerprint density at radius 2 is 1.69 bits per heavy atom. The molecule has 0 spiro atoms. The fourth-order valence-corrected chi connectivity index (χ4v) is 3.79. The minimum Gasteiger partial charge on any atom is -0.495 e. The SMILES string of the molecule is COc1cc(C(=O)N2CCC(c3cc(OC)c(C)nn3)CC2)ncc1Oc1ccccc1. The Labute approximate surface area is 187 Å². The van der Waals surface area contributed by atoms with Gasteiger partial charge in [0.2, 0.25) is 0 Å². The molecule has 1 aliphatic heterocycles. The van der Waals surface area contributed by atoms with Crippen molar-refractivity contribution in [3.63, 3.8) is 0 Å². The summed E-state index contributed by atoms with van der Waals surface area (Å²) in [6.07, 6.45) is 3.14. The van der Waals surface area contributed by atoms with Crippen LogP contribution in [0.2, 0.25) is 0 Å². The van der Waals surface area contributed by atoms with Gasteiger partial charge in [-0.25, -0.2) is 4.98 Å². The number of carbonyl (C=O) groups is 1. The van der Waals surface area contributed by atoms with E-state index in [0.717, 1.165) is 30.0 Å². The molecule has 0 saturated carbocycles. The third kappa shape index (κ3) is 4.64. The maximum Gasteiger partial charge on any atom is 0.272 e. The lowest BCUT2D eigenvalue weighted by Gasteiger charge is -2.31. The van der Waals surface area contributed by atoms with Crippen molar-refractivity contribution in [2.45, 2.75) is 25.7 Å². The number of rotatable bonds is 6.